The van der Waals surface area contributed by atoms with Gasteiger partial charge in [0, 0.05) is 5.92 Å². The predicted octanol–water partition coefficient (Wildman–Crippen LogP) is 2.43. The number of carbonyl (C=O) groups is 1. The van der Waals surface area contributed by atoms with Crippen molar-refractivity contribution in [3.05, 3.63) is 24.3 Å². The normalized spacial score (nSPS) is 30.8. The second-order valence-corrected chi connectivity index (χ2v) is 4.70. The molecule has 1 rings (SSSR count). The van der Waals surface area contributed by atoms with Crippen molar-refractivity contribution < 1.29 is 4.79 Å². The van der Waals surface area contributed by atoms with Gasteiger partial charge in [-0.2, -0.15) is 0 Å². The van der Waals surface area contributed by atoms with Crippen LogP contribution in [0.2, 0.25) is 0 Å². The molecule has 0 aromatic heterocycles. The third-order valence-corrected chi connectivity index (χ3v) is 2.89. The number of amides is 1. The number of halogens is 2. The largest absolute Gasteiger partial charge is 0.345 e. The monoisotopic (exact) mass is 233 g/mol. The maximum absolute atomic E-state index is 11.3. The highest BCUT2D eigenvalue weighted by Gasteiger charge is 2.31. The first-order valence-electron chi connectivity index (χ1n) is 4.42. The fourth-order valence-corrected chi connectivity index (χ4v) is 1.42. The molecule has 2 atom stereocenters. The van der Waals surface area contributed by atoms with E-state index in [1.807, 2.05) is 38.2 Å². The zero-order chi connectivity index (χ0) is 10.8. The van der Waals surface area contributed by atoms with Gasteiger partial charge in [-0.15, -0.1) is 0 Å². The van der Waals surface area contributed by atoms with Crippen LogP contribution in [0.5, 0.6) is 0 Å². The van der Waals surface area contributed by atoms with E-state index < -0.39 is 10.4 Å². The Morgan fingerprint density at radius 1 is 1.50 bits per heavy atom. The van der Waals surface area contributed by atoms with E-state index in [2.05, 4.69) is 5.32 Å². The van der Waals surface area contributed by atoms with Crippen LogP contribution in [0.3, 0.4) is 0 Å². The second kappa shape index (κ2) is 4.37. The quantitative estimate of drug-likeness (QED) is 0.730. The molecule has 0 aliphatic heterocycles. The van der Waals surface area contributed by atoms with E-state index in [1.54, 1.807) is 0 Å². The summed E-state index contributed by atoms with van der Waals surface area (Å²) >= 11 is 10.9. The Balaban J connectivity index is 2.71. The third-order valence-electron chi connectivity index (χ3n) is 2.49. The topological polar surface area (TPSA) is 29.1 Å². The SMILES string of the molecule is CC1C=CC=CC1(C)NC(=O)C(Cl)Cl. The number of hydrogen-bond acceptors (Lipinski definition) is 1. The number of nitrogens with one attached hydrogen (secondary N) is 1. The highest BCUT2D eigenvalue weighted by atomic mass is 35.5. The molecule has 0 saturated heterocycles. The Labute approximate surface area is 94.0 Å². The van der Waals surface area contributed by atoms with E-state index in [-0.39, 0.29) is 11.8 Å². The van der Waals surface area contributed by atoms with Crippen LogP contribution >= 0.6 is 23.2 Å². The van der Waals surface area contributed by atoms with E-state index in [0.717, 1.165) is 0 Å². The molecular formula is C10H13Cl2NO. The van der Waals surface area contributed by atoms with Gasteiger partial charge in [-0.05, 0) is 6.92 Å². The second-order valence-electron chi connectivity index (χ2n) is 3.61. The summed E-state index contributed by atoms with van der Waals surface area (Å²) in [5.74, 6) is -0.133. The van der Waals surface area contributed by atoms with Crippen LogP contribution in [0.4, 0.5) is 0 Å². The molecular weight excluding hydrogens is 221 g/mol. The van der Waals surface area contributed by atoms with Crippen LogP contribution in [0.1, 0.15) is 13.8 Å². The van der Waals surface area contributed by atoms with Gasteiger partial charge in [0.1, 0.15) is 0 Å². The molecule has 1 aliphatic rings. The molecule has 4 heteroatoms. The van der Waals surface area contributed by atoms with E-state index in [1.165, 1.54) is 0 Å². The van der Waals surface area contributed by atoms with E-state index >= 15 is 0 Å². The maximum atomic E-state index is 11.3. The first-order valence-corrected chi connectivity index (χ1v) is 5.29. The summed E-state index contributed by atoms with van der Waals surface area (Å²) < 4.78 is 0. The standard InChI is InChI=1S/C10H13Cl2NO/c1-7-5-3-4-6-10(7,2)13-9(14)8(11)12/h3-8H,1-2H3,(H,13,14). The lowest BCUT2D eigenvalue weighted by atomic mass is 9.83. The molecule has 1 aliphatic carbocycles. The molecule has 0 aromatic rings. The van der Waals surface area contributed by atoms with Crippen molar-refractivity contribution in [3.8, 4) is 0 Å². The zero-order valence-corrected chi connectivity index (χ0v) is 9.64. The van der Waals surface area contributed by atoms with Crippen LogP contribution in [0.15, 0.2) is 24.3 Å². The lowest BCUT2D eigenvalue weighted by Gasteiger charge is -2.34. The van der Waals surface area contributed by atoms with Crippen LogP contribution < -0.4 is 5.32 Å². The lowest BCUT2D eigenvalue weighted by Crippen LogP contribution is -2.50. The molecule has 1 N–H and O–H groups in total. The molecule has 0 radical (unpaired) electrons. The average molecular weight is 234 g/mol. The Morgan fingerprint density at radius 2 is 2.14 bits per heavy atom. The molecule has 0 spiro atoms. The molecule has 1 amide bonds. The molecule has 0 saturated carbocycles. The summed E-state index contributed by atoms with van der Waals surface area (Å²) in [5, 5.41) is 2.80. The molecule has 2 unspecified atom stereocenters. The summed E-state index contributed by atoms with van der Waals surface area (Å²) in [7, 11) is 0. The zero-order valence-electron chi connectivity index (χ0n) is 8.13. The average Bonchev–Trinajstić information content (AvgIpc) is 2.10. The van der Waals surface area contributed by atoms with Crippen molar-refractivity contribution in [1.82, 2.24) is 5.32 Å². The van der Waals surface area contributed by atoms with E-state index in [4.69, 9.17) is 23.2 Å². The van der Waals surface area contributed by atoms with Crippen LogP contribution in [-0.4, -0.2) is 16.3 Å². The fraction of sp³-hybridized carbons (Fsp3) is 0.500. The van der Waals surface area contributed by atoms with Gasteiger partial charge in [0.2, 0.25) is 0 Å². The van der Waals surface area contributed by atoms with Gasteiger partial charge in [0.05, 0.1) is 5.54 Å². The van der Waals surface area contributed by atoms with Gasteiger partial charge in [-0.3, -0.25) is 4.79 Å². The third kappa shape index (κ3) is 2.52. The first kappa shape index (κ1) is 11.6. The molecule has 2 nitrogen and oxygen atoms in total. The summed E-state index contributed by atoms with van der Waals surface area (Å²) in [4.78, 5) is 10.3. The van der Waals surface area contributed by atoms with Gasteiger partial charge in [-0.25, -0.2) is 0 Å². The Kier molecular flexibility index (Phi) is 3.62. The summed E-state index contributed by atoms with van der Waals surface area (Å²) in [6.07, 6.45) is 7.82. The first-order chi connectivity index (χ1) is 6.46. The van der Waals surface area contributed by atoms with Gasteiger partial charge in [-0.1, -0.05) is 54.4 Å². The van der Waals surface area contributed by atoms with Crippen LogP contribution in [-0.2, 0) is 4.79 Å². The fourth-order valence-electron chi connectivity index (χ4n) is 1.31. The Bertz CT molecular complexity index is 286. The highest BCUT2D eigenvalue weighted by molar-refractivity contribution is 6.53. The van der Waals surface area contributed by atoms with Gasteiger partial charge in [0.25, 0.3) is 5.91 Å². The van der Waals surface area contributed by atoms with Crippen molar-refractivity contribution in [2.75, 3.05) is 0 Å². The maximum Gasteiger partial charge on any atom is 0.253 e. The predicted molar refractivity (Wildman–Crippen MR) is 59.5 cm³/mol. The minimum Gasteiger partial charge on any atom is -0.345 e. The van der Waals surface area contributed by atoms with E-state index in [9.17, 15) is 4.79 Å². The minimum absolute atomic E-state index is 0.225. The summed E-state index contributed by atoms with van der Waals surface area (Å²) in [5.41, 5.74) is -0.395. The lowest BCUT2D eigenvalue weighted by molar-refractivity contribution is -0.121. The van der Waals surface area contributed by atoms with Crippen molar-refractivity contribution in [1.29, 1.82) is 0 Å². The number of carbonyl (C=O) groups excluding carboxylic acids is 1. The van der Waals surface area contributed by atoms with Gasteiger partial charge >= 0.3 is 0 Å². The van der Waals surface area contributed by atoms with E-state index in [0.29, 0.717) is 0 Å². The van der Waals surface area contributed by atoms with Crippen LogP contribution in [0.25, 0.3) is 0 Å². The smallest absolute Gasteiger partial charge is 0.253 e. The van der Waals surface area contributed by atoms with Gasteiger partial charge in [0.15, 0.2) is 4.84 Å². The molecule has 14 heavy (non-hydrogen) atoms. The molecule has 0 fully saturated rings. The molecule has 78 valence electrons. The molecule has 0 aromatic carbocycles. The van der Waals surface area contributed by atoms with Crippen molar-refractivity contribution in [3.63, 3.8) is 0 Å². The Hall–Kier alpha value is -0.470. The number of rotatable bonds is 2. The number of allylic oxidation sites excluding steroid dienone is 2. The minimum atomic E-state index is -1.02. The van der Waals surface area contributed by atoms with Crippen molar-refractivity contribution >= 4 is 29.1 Å². The Morgan fingerprint density at radius 3 is 2.64 bits per heavy atom. The number of hydrogen-bond donors (Lipinski definition) is 1. The molecule has 0 bridgehead atoms. The van der Waals surface area contributed by atoms with Crippen molar-refractivity contribution in [2.45, 2.75) is 24.2 Å². The summed E-state index contributed by atoms with van der Waals surface area (Å²) in [6, 6.07) is 0. The van der Waals surface area contributed by atoms with Gasteiger partial charge < -0.3 is 5.32 Å². The molecule has 0 heterocycles. The number of alkyl halides is 2. The highest BCUT2D eigenvalue weighted by Crippen LogP contribution is 2.24. The van der Waals surface area contributed by atoms with Crippen LogP contribution in [0, 0.1) is 5.92 Å². The summed E-state index contributed by atoms with van der Waals surface area (Å²) in [6.45, 7) is 3.96. The van der Waals surface area contributed by atoms with Crippen molar-refractivity contribution in [2.24, 2.45) is 5.92 Å².